The molecule has 1 aromatic rings. The van der Waals surface area contributed by atoms with Crippen LogP contribution < -0.4 is 5.32 Å². The predicted molar refractivity (Wildman–Crippen MR) is 103 cm³/mol. The molecule has 1 N–H and O–H groups in total. The van der Waals surface area contributed by atoms with E-state index in [0.717, 1.165) is 43.0 Å². The van der Waals surface area contributed by atoms with Gasteiger partial charge >= 0.3 is 0 Å². The summed E-state index contributed by atoms with van der Waals surface area (Å²) in [5.41, 5.74) is 0. The highest BCUT2D eigenvalue weighted by Crippen LogP contribution is 2.28. The van der Waals surface area contributed by atoms with Crippen molar-refractivity contribution in [1.29, 1.82) is 0 Å². The number of nitrogens with zero attached hydrogens (tertiary/aromatic N) is 1. The van der Waals surface area contributed by atoms with E-state index in [1.807, 2.05) is 13.8 Å². The number of carbonyl (C=O) groups excluding carboxylic acids is 1. The highest BCUT2D eigenvalue weighted by atomic mass is 79.9. The van der Waals surface area contributed by atoms with Crippen LogP contribution in [0.25, 0.3) is 0 Å². The summed E-state index contributed by atoms with van der Waals surface area (Å²) in [4.78, 5) is 12.6. The van der Waals surface area contributed by atoms with Gasteiger partial charge in [0.05, 0.1) is 11.4 Å². The molecular weight excluding hydrogens is 404 g/mol. The molecule has 1 saturated carbocycles. The van der Waals surface area contributed by atoms with E-state index in [0.29, 0.717) is 0 Å². The molecule has 2 rings (SSSR count). The van der Waals surface area contributed by atoms with Gasteiger partial charge in [0.1, 0.15) is 0 Å². The third kappa shape index (κ3) is 5.53. The molecule has 0 aromatic heterocycles. The zero-order chi connectivity index (χ0) is 18.4. The lowest BCUT2D eigenvalue weighted by Gasteiger charge is -2.33. The first-order chi connectivity index (χ1) is 11.8. The first kappa shape index (κ1) is 20.4. The molecule has 0 unspecified atom stereocenters. The molecule has 0 heterocycles. The summed E-state index contributed by atoms with van der Waals surface area (Å²) in [6.07, 6.45) is 5.57. The Morgan fingerprint density at radius 3 is 2.40 bits per heavy atom. The number of amides is 1. The van der Waals surface area contributed by atoms with Crippen molar-refractivity contribution in [2.45, 2.75) is 69.4 Å². The van der Waals surface area contributed by atoms with Crippen LogP contribution in [0.15, 0.2) is 33.6 Å². The number of hydrogen-bond donors (Lipinski definition) is 1. The second kappa shape index (κ2) is 9.14. The van der Waals surface area contributed by atoms with Crippen LogP contribution in [0.3, 0.4) is 0 Å². The Morgan fingerprint density at radius 2 is 1.84 bits per heavy atom. The fourth-order valence-electron chi connectivity index (χ4n) is 3.09. The lowest BCUT2D eigenvalue weighted by Crippen LogP contribution is -2.48. The van der Waals surface area contributed by atoms with Gasteiger partial charge in [0.15, 0.2) is 0 Å². The molecule has 1 fully saturated rings. The van der Waals surface area contributed by atoms with E-state index in [4.69, 9.17) is 0 Å². The van der Waals surface area contributed by atoms with E-state index in [1.165, 1.54) is 4.31 Å². The van der Waals surface area contributed by atoms with Crippen molar-refractivity contribution in [1.82, 2.24) is 9.62 Å². The van der Waals surface area contributed by atoms with Gasteiger partial charge < -0.3 is 5.32 Å². The molecule has 1 aliphatic carbocycles. The third-order valence-corrected chi connectivity index (χ3v) is 7.16. The van der Waals surface area contributed by atoms with Gasteiger partial charge in [-0.25, -0.2) is 8.42 Å². The zero-order valence-electron chi connectivity index (χ0n) is 14.9. The van der Waals surface area contributed by atoms with Crippen LogP contribution >= 0.6 is 15.9 Å². The normalized spacial score (nSPS) is 17.4. The van der Waals surface area contributed by atoms with E-state index >= 15 is 0 Å². The SMILES string of the molecule is CC[C@@H](C)NC(=O)CN(C1CCCCC1)S(=O)(=O)c1ccc(Br)cc1. The number of rotatable bonds is 7. The van der Waals surface area contributed by atoms with Crippen molar-refractivity contribution in [2.75, 3.05) is 6.54 Å². The van der Waals surface area contributed by atoms with Crippen LogP contribution in [0, 0.1) is 0 Å². The number of carbonyl (C=O) groups is 1. The first-order valence-electron chi connectivity index (χ1n) is 8.91. The minimum Gasteiger partial charge on any atom is -0.353 e. The second-order valence-corrected chi connectivity index (χ2v) is 9.48. The van der Waals surface area contributed by atoms with Crippen LogP contribution in [-0.4, -0.2) is 37.3 Å². The molecular formula is C18H27BrN2O3S. The van der Waals surface area contributed by atoms with Gasteiger partial charge in [-0.05, 0) is 50.5 Å². The maximum atomic E-state index is 13.2. The summed E-state index contributed by atoms with van der Waals surface area (Å²) >= 11 is 3.33. The fourth-order valence-corrected chi connectivity index (χ4v) is 4.99. The molecule has 0 radical (unpaired) electrons. The standard InChI is InChI=1S/C18H27BrN2O3S/c1-3-14(2)20-18(22)13-21(16-7-5-4-6-8-16)25(23,24)17-11-9-15(19)10-12-17/h9-12,14,16H,3-8,13H2,1-2H3,(H,20,22)/t14-/m1/s1. The minimum absolute atomic E-state index is 0.0380. The molecule has 25 heavy (non-hydrogen) atoms. The molecule has 1 aromatic carbocycles. The number of halogens is 1. The van der Waals surface area contributed by atoms with Crippen molar-refractivity contribution in [3.63, 3.8) is 0 Å². The Bertz CT molecular complexity index is 670. The van der Waals surface area contributed by atoms with Gasteiger partial charge in [-0.2, -0.15) is 4.31 Å². The Kier molecular flexibility index (Phi) is 7.46. The quantitative estimate of drug-likeness (QED) is 0.716. The number of hydrogen-bond acceptors (Lipinski definition) is 3. The average Bonchev–Trinajstić information content (AvgIpc) is 2.60. The molecule has 0 saturated heterocycles. The Labute approximate surface area is 159 Å². The summed E-state index contributed by atoms with van der Waals surface area (Å²) < 4.78 is 28.6. The smallest absolute Gasteiger partial charge is 0.243 e. The van der Waals surface area contributed by atoms with Crippen LogP contribution in [0.1, 0.15) is 52.4 Å². The molecule has 1 amide bonds. The van der Waals surface area contributed by atoms with E-state index in [2.05, 4.69) is 21.2 Å². The summed E-state index contributed by atoms with van der Waals surface area (Å²) in [6.45, 7) is 3.79. The summed E-state index contributed by atoms with van der Waals surface area (Å²) in [6, 6.07) is 6.53. The zero-order valence-corrected chi connectivity index (χ0v) is 17.3. The van der Waals surface area contributed by atoms with E-state index in [-0.39, 0.29) is 29.4 Å². The molecule has 1 aliphatic rings. The van der Waals surface area contributed by atoms with Gasteiger partial charge in [-0.3, -0.25) is 4.79 Å². The molecule has 0 spiro atoms. The van der Waals surface area contributed by atoms with E-state index in [9.17, 15) is 13.2 Å². The van der Waals surface area contributed by atoms with Crippen molar-refractivity contribution in [3.05, 3.63) is 28.7 Å². The van der Waals surface area contributed by atoms with Crippen molar-refractivity contribution in [2.24, 2.45) is 0 Å². The summed E-state index contributed by atoms with van der Waals surface area (Å²) in [7, 11) is -3.70. The average molecular weight is 431 g/mol. The largest absolute Gasteiger partial charge is 0.353 e. The molecule has 5 nitrogen and oxygen atoms in total. The van der Waals surface area contributed by atoms with Crippen molar-refractivity contribution in [3.8, 4) is 0 Å². The maximum absolute atomic E-state index is 13.2. The fraction of sp³-hybridized carbons (Fsp3) is 0.611. The van der Waals surface area contributed by atoms with Crippen molar-refractivity contribution >= 4 is 31.9 Å². The van der Waals surface area contributed by atoms with Gasteiger partial charge in [0.2, 0.25) is 15.9 Å². The van der Waals surface area contributed by atoms with Crippen LogP contribution in [0.5, 0.6) is 0 Å². The van der Waals surface area contributed by atoms with Crippen LogP contribution in [-0.2, 0) is 14.8 Å². The highest BCUT2D eigenvalue weighted by molar-refractivity contribution is 9.10. The molecule has 0 bridgehead atoms. The Hall–Kier alpha value is -0.920. The topological polar surface area (TPSA) is 66.5 Å². The molecule has 7 heteroatoms. The second-order valence-electron chi connectivity index (χ2n) is 6.67. The minimum atomic E-state index is -3.70. The summed E-state index contributed by atoms with van der Waals surface area (Å²) in [5.74, 6) is -0.236. The first-order valence-corrected chi connectivity index (χ1v) is 11.1. The number of benzene rings is 1. The van der Waals surface area contributed by atoms with Gasteiger partial charge in [-0.1, -0.05) is 42.1 Å². The van der Waals surface area contributed by atoms with Gasteiger partial charge in [0, 0.05) is 16.6 Å². The summed E-state index contributed by atoms with van der Waals surface area (Å²) in [5, 5.41) is 2.88. The third-order valence-electron chi connectivity index (χ3n) is 4.72. The lowest BCUT2D eigenvalue weighted by atomic mass is 9.95. The Balaban J connectivity index is 2.26. The van der Waals surface area contributed by atoms with Crippen LogP contribution in [0.4, 0.5) is 0 Å². The maximum Gasteiger partial charge on any atom is 0.243 e. The Morgan fingerprint density at radius 1 is 1.24 bits per heavy atom. The van der Waals surface area contributed by atoms with Gasteiger partial charge in [0.25, 0.3) is 0 Å². The van der Waals surface area contributed by atoms with Gasteiger partial charge in [-0.15, -0.1) is 0 Å². The number of sulfonamides is 1. The lowest BCUT2D eigenvalue weighted by molar-refractivity contribution is -0.122. The monoisotopic (exact) mass is 430 g/mol. The van der Waals surface area contributed by atoms with Crippen LogP contribution in [0.2, 0.25) is 0 Å². The highest BCUT2D eigenvalue weighted by Gasteiger charge is 2.34. The predicted octanol–water partition coefficient (Wildman–Crippen LogP) is 3.69. The van der Waals surface area contributed by atoms with Crippen molar-refractivity contribution < 1.29 is 13.2 Å². The van der Waals surface area contributed by atoms with E-state index < -0.39 is 10.0 Å². The van der Waals surface area contributed by atoms with E-state index in [1.54, 1.807) is 24.3 Å². The number of nitrogens with one attached hydrogen (secondary N) is 1. The molecule has 140 valence electrons. The molecule has 0 aliphatic heterocycles. The molecule has 1 atom stereocenters.